The summed E-state index contributed by atoms with van der Waals surface area (Å²) in [7, 11) is -2.18. The highest BCUT2D eigenvalue weighted by molar-refractivity contribution is 8.38. The largest absolute Gasteiger partial charge is 0.579 e. The van der Waals surface area contributed by atoms with Crippen LogP contribution in [0, 0.1) is 0 Å². The fraction of sp³-hybridized carbons (Fsp3) is 0.875. The van der Waals surface area contributed by atoms with Crippen molar-refractivity contribution in [2.24, 2.45) is 0 Å². The predicted octanol–water partition coefficient (Wildman–Crippen LogP) is 4.04. The minimum atomic E-state index is -2.18. The van der Waals surface area contributed by atoms with E-state index in [4.69, 9.17) is 49.0 Å². The Kier molecular flexibility index (Phi) is 10.4. The van der Waals surface area contributed by atoms with Crippen LogP contribution in [0.4, 0.5) is 0 Å². The summed E-state index contributed by atoms with van der Waals surface area (Å²) in [6.45, 7) is 5.00. The van der Waals surface area contributed by atoms with Gasteiger partial charge in [0.05, 0.1) is 0 Å². The molecule has 0 fully saturated rings. The maximum atomic E-state index is 11.1. The molecule has 0 amide bonds. The lowest BCUT2D eigenvalue weighted by Gasteiger charge is -2.31. The molecule has 9 heteroatoms. The van der Waals surface area contributed by atoms with Crippen LogP contribution >= 0.6 is 54.3 Å². The number of alkyl halides is 3. The van der Waals surface area contributed by atoms with Crippen molar-refractivity contribution in [3.05, 3.63) is 0 Å². The zero-order chi connectivity index (χ0) is 14.3. The molecule has 0 rings (SSSR count). The number of hydrogen-bond donors (Lipinski definition) is 2. The van der Waals surface area contributed by atoms with E-state index >= 15 is 0 Å². The number of halogens is 3. The third-order valence-electron chi connectivity index (χ3n) is 1.51. The molecular weight excluding hydrogens is 329 g/mol. The Bertz CT molecular complexity index is 264. The monoisotopic (exact) mass is 343 g/mol. The van der Waals surface area contributed by atoms with Gasteiger partial charge in [-0.2, -0.15) is 4.89 Å². The lowest BCUT2D eigenvalue weighted by molar-refractivity contribution is -0.156. The molecule has 0 aromatic heterocycles. The molecule has 0 aliphatic rings. The molecule has 1 N–H and O–H groups in total. The van der Waals surface area contributed by atoms with E-state index in [1.165, 1.54) is 0 Å². The highest BCUT2D eigenvalue weighted by atomic mass is 35.6. The average Bonchev–Trinajstić information content (AvgIpc) is 1.99. The molecule has 0 heterocycles. The second kappa shape index (κ2) is 8.78. The minimum Gasteiger partial charge on any atom is -0.455 e. The molecule has 102 valence electrons. The molecule has 0 aromatic rings. The zero-order valence-electron chi connectivity index (χ0n) is 9.61. The summed E-state index contributed by atoms with van der Waals surface area (Å²) in [5, 5.41) is 0. The second-order valence-electron chi connectivity index (χ2n) is 3.48. The molecule has 0 radical (unpaired) electrons. The Morgan fingerprint density at radius 3 is 2.00 bits per heavy atom. The molecule has 1 atom stereocenters. The van der Waals surface area contributed by atoms with E-state index in [1.54, 1.807) is 13.8 Å². The van der Waals surface area contributed by atoms with Crippen molar-refractivity contribution in [1.29, 1.82) is 0 Å². The van der Waals surface area contributed by atoms with E-state index in [9.17, 15) is 4.79 Å². The first-order chi connectivity index (χ1) is 7.44. The van der Waals surface area contributed by atoms with Gasteiger partial charge in [0.1, 0.15) is 12.2 Å². The summed E-state index contributed by atoms with van der Waals surface area (Å²) < 4.78 is 12.4. The third kappa shape index (κ3) is 11.6. The molecule has 17 heavy (non-hydrogen) atoms. The molecule has 0 aliphatic carbocycles. The van der Waals surface area contributed by atoms with Crippen molar-refractivity contribution in [2.45, 2.75) is 43.0 Å². The number of rotatable bonds is 3. The fourth-order valence-electron chi connectivity index (χ4n) is 0.598. The highest BCUT2D eigenvalue weighted by Gasteiger charge is 2.43. The predicted molar refractivity (Wildman–Crippen MR) is 74.2 cm³/mol. The molecule has 4 nitrogen and oxygen atoms in total. The first-order valence-electron chi connectivity index (χ1n) is 4.57. The first kappa shape index (κ1) is 20.1. The third-order valence-corrected chi connectivity index (χ3v) is 2.87. The molecular formula is C8H15Cl3O4PS+. The van der Waals surface area contributed by atoms with E-state index in [-0.39, 0.29) is 5.97 Å². The van der Waals surface area contributed by atoms with Crippen LogP contribution < -0.4 is 0 Å². The Labute approximate surface area is 122 Å². The Balaban J connectivity index is 0. The number of carbonyl (C=O) groups is 1. The molecule has 0 saturated carbocycles. The van der Waals surface area contributed by atoms with Gasteiger partial charge in [-0.1, -0.05) is 41.7 Å². The molecule has 1 unspecified atom stereocenters. The maximum Gasteiger partial charge on any atom is 0.579 e. The van der Waals surface area contributed by atoms with Crippen molar-refractivity contribution >= 4 is 60.3 Å². The number of hydrogen-bond acceptors (Lipinski definition) is 3. The summed E-state index contributed by atoms with van der Waals surface area (Å²) in [5.74, 6) is -0.348. The van der Waals surface area contributed by atoms with Crippen LogP contribution in [0.3, 0.4) is 0 Å². The summed E-state index contributed by atoms with van der Waals surface area (Å²) >= 11 is 19.9. The van der Waals surface area contributed by atoms with Crippen LogP contribution in [0.25, 0.3) is 0 Å². The molecule has 0 aliphatic heterocycles. The molecule has 0 bridgehead atoms. The van der Waals surface area contributed by atoms with Gasteiger partial charge in [0, 0.05) is 6.42 Å². The number of esters is 1. The quantitative estimate of drug-likeness (QED) is 0.351. The summed E-state index contributed by atoms with van der Waals surface area (Å²) in [4.78, 5) is 18.5. The summed E-state index contributed by atoms with van der Waals surface area (Å²) in [6.07, 6.45) is 1.05. The van der Waals surface area contributed by atoms with Crippen LogP contribution in [0.15, 0.2) is 0 Å². The van der Waals surface area contributed by atoms with Gasteiger partial charge in [-0.15, -0.1) is 0 Å². The van der Waals surface area contributed by atoms with Gasteiger partial charge in [-0.3, -0.25) is 4.79 Å². The van der Waals surface area contributed by atoms with Gasteiger partial charge in [-0.05, 0) is 24.8 Å². The van der Waals surface area contributed by atoms with Crippen molar-refractivity contribution in [2.75, 3.05) is 0 Å². The van der Waals surface area contributed by atoms with Gasteiger partial charge in [0.2, 0.25) is 3.79 Å². The van der Waals surface area contributed by atoms with Crippen molar-refractivity contribution in [3.8, 4) is 0 Å². The van der Waals surface area contributed by atoms with Crippen molar-refractivity contribution in [1.82, 2.24) is 0 Å². The molecule has 0 aromatic carbocycles. The van der Waals surface area contributed by atoms with Gasteiger partial charge in [-0.25, -0.2) is 0 Å². The fourth-order valence-corrected chi connectivity index (χ4v) is 0.713. The van der Waals surface area contributed by atoms with E-state index in [0.717, 1.165) is 6.42 Å². The lowest BCUT2D eigenvalue weighted by Crippen LogP contribution is -2.41. The van der Waals surface area contributed by atoms with E-state index in [2.05, 4.69) is 12.2 Å². The van der Waals surface area contributed by atoms with E-state index in [0.29, 0.717) is 6.42 Å². The van der Waals surface area contributed by atoms with Crippen LogP contribution in [0.1, 0.15) is 33.6 Å². The molecule has 0 spiro atoms. The Hall–Kier alpha value is 0.750. The van der Waals surface area contributed by atoms with Gasteiger partial charge >= 0.3 is 13.2 Å². The van der Waals surface area contributed by atoms with E-state index in [1.807, 2.05) is 6.92 Å². The number of carbonyl (C=O) groups excluding carboxylic acids is 1. The van der Waals surface area contributed by atoms with Gasteiger partial charge in [0.25, 0.3) is 0 Å². The highest BCUT2D eigenvalue weighted by Crippen LogP contribution is 2.40. The second-order valence-corrected chi connectivity index (χ2v) is 7.30. The Morgan fingerprint density at radius 2 is 1.76 bits per heavy atom. The van der Waals surface area contributed by atoms with Crippen LogP contribution in [0.5, 0.6) is 0 Å². The summed E-state index contributed by atoms with van der Waals surface area (Å²) in [6, 6.07) is 0. The summed E-state index contributed by atoms with van der Waals surface area (Å²) in [5.41, 5.74) is -1.09. The van der Waals surface area contributed by atoms with Crippen molar-refractivity contribution < 1.29 is 19.0 Å². The standard InChI is InChI=1S/C8H13Cl3O2.HO2PS/c1-4-5-6(12)13-7(2,3)8(9,10)11;1-3(2)4/h4-5H2,1-3H3;(H-,1,2,4)/p+1. The minimum absolute atomic E-state index is 0.337. The molecule has 0 saturated heterocycles. The average molecular weight is 345 g/mol. The lowest BCUT2D eigenvalue weighted by atomic mass is 10.2. The van der Waals surface area contributed by atoms with Gasteiger partial charge < -0.3 is 4.74 Å². The number of ether oxygens (including phenoxy) is 1. The van der Waals surface area contributed by atoms with Gasteiger partial charge in [0.15, 0.2) is 5.60 Å². The normalized spacial score (nSPS) is 12.4. The SMILES string of the molecule is CCCC(=O)OC(C)(C)C(Cl)(Cl)Cl.O=[P+](O)S. The Morgan fingerprint density at radius 1 is 1.41 bits per heavy atom. The van der Waals surface area contributed by atoms with Crippen LogP contribution in [0.2, 0.25) is 0 Å². The van der Waals surface area contributed by atoms with Crippen LogP contribution in [-0.4, -0.2) is 20.3 Å². The maximum absolute atomic E-state index is 11.1. The zero-order valence-corrected chi connectivity index (χ0v) is 13.7. The van der Waals surface area contributed by atoms with Crippen LogP contribution in [-0.2, 0) is 14.1 Å². The topological polar surface area (TPSA) is 63.6 Å². The smallest absolute Gasteiger partial charge is 0.455 e. The first-order valence-corrected chi connectivity index (χ1v) is 8.07. The number of thiol groups is 1. The van der Waals surface area contributed by atoms with Crippen molar-refractivity contribution in [3.63, 3.8) is 0 Å². The van der Waals surface area contributed by atoms with E-state index < -0.39 is 16.6 Å².